The van der Waals surface area contributed by atoms with E-state index in [0.29, 0.717) is 11.4 Å². The van der Waals surface area contributed by atoms with Crippen LogP contribution in [0.4, 0.5) is 11.6 Å². The van der Waals surface area contributed by atoms with E-state index in [2.05, 4.69) is 37.5 Å². The summed E-state index contributed by atoms with van der Waals surface area (Å²) in [5, 5.41) is 11.8. The van der Waals surface area contributed by atoms with E-state index >= 15 is 0 Å². The Kier molecular flexibility index (Phi) is 5.24. The molecule has 1 unspecified atom stereocenters. The normalized spacial score (nSPS) is 16.4. The number of hydrogen-bond donors (Lipinski definition) is 2. The number of likely N-dealkylation sites (N-methyl/N-ethyl adjacent to an activating group) is 1. The van der Waals surface area contributed by atoms with E-state index in [1.165, 1.54) is 0 Å². The first-order valence-electron chi connectivity index (χ1n) is 10.6. The molecule has 1 atom stereocenters. The van der Waals surface area contributed by atoms with E-state index < -0.39 is 0 Å². The molecule has 0 radical (unpaired) electrons. The van der Waals surface area contributed by atoms with Crippen LogP contribution in [0.5, 0.6) is 0 Å². The Balaban J connectivity index is 1.51. The molecule has 162 valence electrons. The van der Waals surface area contributed by atoms with Gasteiger partial charge in [-0.1, -0.05) is 18.2 Å². The smallest absolute Gasteiger partial charge is 0.256 e. The maximum Gasteiger partial charge on any atom is 0.256 e. The van der Waals surface area contributed by atoms with Crippen LogP contribution < -0.4 is 10.6 Å². The van der Waals surface area contributed by atoms with Crippen molar-refractivity contribution in [3.05, 3.63) is 60.6 Å². The Bertz CT molecular complexity index is 1250. The number of pyridine rings is 1. The SMILES string of the molecule is CNc1ncnc2c1c(-c1ccc(C(=O)Nc3ccccn3)cc1)nn2C1CCN(C)C1. The van der Waals surface area contributed by atoms with Crippen molar-refractivity contribution in [1.82, 2.24) is 29.6 Å². The van der Waals surface area contributed by atoms with Crippen molar-refractivity contribution in [3.8, 4) is 11.3 Å². The third-order valence-electron chi connectivity index (χ3n) is 5.76. The number of rotatable bonds is 5. The molecule has 1 aromatic carbocycles. The van der Waals surface area contributed by atoms with Crippen LogP contribution in [-0.4, -0.2) is 62.7 Å². The Morgan fingerprint density at radius 2 is 1.94 bits per heavy atom. The van der Waals surface area contributed by atoms with Crippen LogP contribution in [0, 0.1) is 0 Å². The molecule has 4 heterocycles. The van der Waals surface area contributed by atoms with Crippen LogP contribution >= 0.6 is 0 Å². The predicted molar refractivity (Wildman–Crippen MR) is 124 cm³/mol. The Morgan fingerprint density at radius 3 is 2.62 bits per heavy atom. The first-order chi connectivity index (χ1) is 15.6. The van der Waals surface area contributed by atoms with Crippen molar-refractivity contribution < 1.29 is 4.79 Å². The summed E-state index contributed by atoms with van der Waals surface area (Å²) in [6.07, 6.45) is 4.24. The second kappa shape index (κ2) is 8.35. The van der Waals surface area contributed by atoms with E-state index in [4.69, 9.17) is 5.10 Å². The minimum Gasteiger partial charge on any atom is -0.372 e. The molecular weight excluding hydrogens is 404 g/mol. The highest BCUT2D eigenvalue weighted by Gasteiger charge is 2.27. The molecule has 2 N–H and O–H groups in total. The highest BCUT2D eigenvalue weighted by atomic mass is 16.1. The van der Waals surface area contributed by atoms with Gasteiger partial charge in [-0.25, -0.2) is 19.6 Å². The fourth-order valence-corrected chi connectivity index (χ4v) is 4.14. The van der Waals surface area contributed by atoms with E-state index in [1.54, 1.807) is 36.8 Å². The molecule has 0 aliphatic carbocycles. The van der Waals surface area contributed by atoms with Crippen LogP contribution in [0.25, 0.3) is 22.3 Å². The van der Waals surface area contributed by atoms with E-state index in [-0.39, 0.29) is 11.9 Å². The molecule has 1 fully saturated rings. The summed E-state index contributed by atoms with van der Waals surface area (Å²) in [5.74, 6) is 1.04. The lowest BCUT2D eigenvalue weighted by molar-refractivity contribution is 0.102. The number of anilines is 2. The van der Waals surface area contributed by atoms with Gasteiger partial charge in [0.2, 0.25) is 0 Å². The summed E-state index contributed by atoms with van der Waals surface area (Å²) in [6, 6.07) is 13.1. The summed E-state index contributed by atoms with van der Waals surface area (Å²) in [6.45, 7) is 1.97. The minimum atomic E-state index is -0.209. The van der Waals surface area contributed by atoms with Gasteiger partial charge in [-0.3, -0.25) is 4.79 Å². The highest BCUT2D eigenvalue weighted by Crippen LogP contribution is 2.34. The van der Waals surface area contributed by atoms with Gasteiger partial charge < -0.3 is 15.5 Å². The summed E-state index contributed by atoms with van der Waals surface area (Å²) in [4.78, 5) is 28.0. The van der Waals surface area contributed by atoms with Gasteiger partial charge in [0.05, 0.1) is 11.4 Å². The number of likely N-dealkylation sites (tertiary alicyclic amines) is 1. The molecule has 1 aliphatic rings. The van der Waals surface area contributed by atoms with Crippen LogP contribution in [0.1, 0.15) is 22.8 Å². The average molecular weight is 429 g/mol. The van der Waals surface area contributed by atoms with E-state index in [9.17, 15) is 4.79 Å². The zero-order valence-corrected chi connectivity index (χ0v) is 18.0. The quantitative estimate of drug-likeness (QED) is 0.504. The average Bonchev–Trinajstić information content (AvgIpc) is 3.43. The van der Waals surface area contributed by atoms with Crippen molar-refractivity contribution in [1.29, 1.82) is 0 Å². The fraction of sp³-hybridized carbons (Fsp3) is 0.261. The van der Waals surface area contributed by atoms with Crippen molar-refractivity contribution in [3.63, 3.8) is 0 Å². The number of nitrogens with zero attached hydrogens (tertiary/aromatic N) is 6. The van der Waals surface area contributed by atoms with E-state index in [0.717, 1.165) is 47.6 Å². The summed E-state index contributed by atoms with van der Waals surface area (Å²) in [5.41, 5.74) is 3.07. The van der Waals surface area contributed by atoms with Crippen LogP contribution in [0.2, 0.25) is 0 Å². The van der Waals surface area contributed by atoms with Crippen molar-refractivity contribution >= 4 is 28.6 Å². The zero-order valence-electron chi connectivity index (χ0n) is 18.0. The molecule has 4 aromatic rings. The van der Waals surface area contributed by atoms with Gasteiger partial charge in [0.15, 0.2) is 5.65 Å². The van der Waals surface area contributed by atoms with Gasteiger partial charge in [-0.2, -0.15) is 5.10 Å². The number of carbonyl (C=O) groups is 1. The standard InChI is InChI=1S/C23H24N8O/c1-24-21-19-20(29-31(22(19)27-14-26-21)17-10-12-30(2)13-17)15-6-8-16(9-7-15)23(32)28-18-5-3-4-11-25-18/h3-9,11,14,17H,10,12-13H2,1-2H3,(H,24,26,27)(H,25,28,32). The van der Waals surface area contributed by atoms with E-state index in [1.807, 2.05) is 29.9 Å². The van der Waals surface area contributed by atoms with Gasteiger partial charge in [-0.15, -0.1) is 0 Å². The number of nitrogens with one attached hydrogen (secondary N) is 2. The monoisotopic (exact) mass is 428 g/mol. The Morgan fingerprint density at radius 1 is 1.09 bits per heavy atom. The predicted octanol–water partition coefficient (Wildman–Crippen LogP) is 3.06. The highest BCUT2D eigenvalue weighted by molar-refractivity contribution is 6.04. The number of carbonyl (C=O) groups excluding carboxylic acids is 1. The first kappa shape index (κ1) is 20.1. The second-order valence-corrected chi connectivity index (χ2v) is 7.92. The molecule has 0 spiro atoms. The largest absolute Gasteiger partial charge is 0.372 e. The molecule has 0 saturated carbocycles. The lowest BCUT2D eigenvalue weighted by atomic mass is 10.1. The minimum absolute atomic E-state index is 0.209. The van der Waals surface area contributed by atoms with Crippen LogP contribution in [-0.2, 0) is 0 Å². The Hall–Kier alpha value is -3.85. The molecular formula is C23H24N8O. The number of amides is 1. The molecule has 0 bridgehead atoms. The summed E-state index contributed by atoms with van der Waals surface area (Å²) < 4.78 is 2.03. The first-order valence-corrected chi connectivity index (χ1v) is 10.6. The van der Waals surface area contributed by atoms with Gasteiger partial charge in [0.25, 0.3) is 5.91 Å². The number of aromatic nitrogens is 5. The fourth-order valence-electron chi connectivity index (χ4n) is 4.14. The third kappa shape index (κ3) is 3.67. The molecule has 32 heavy (non-hydrogen) atoms. The molecule has 1 saturated heterocycles. The molecule has 5 rings (SSSR count). The zero-order chi connectivity index (χ0) is 22.1. The summed E-state index contributed by atoms with van der Waals surface area (Å²) >= 11 is 0. The molecule has 9 heteroatoms. The van der Waals surface area contributed by atoms with Crippen molar-refractivity contribution in [2.45, 2.75) is 12.5 Å². The van der Waals surface area contributed by atoms with Gasteiger partial charge in [0.1, 0.15) is 23.7 Å². The summed E-state index contributed by atoms with van der Waals surface area (Å²) in [7, 11) is 3.96. The number of fused-ring (bicyclic) bond motifs is 1. The topological polar surface area (TPSA) is 101 Å². The van der Waals surface area contributed by atoms with Crippen molar-refractivity contribution in [2.75, 3.05) is 37.8 Å². The maximum atomic E-state index is 12.6. The molecule has 1 amide bonds. The lowest BCUT2D eigenvalue weighted by Gasteiger charge is -2.11. The van der Waals surface area contributed by atoms with Crippen molar-refractivity contribution in [2.24, 2.45) is 0 Å². The van der Waals surface area contributed by atoms with Crippen LogP contribution in [0.3, 0.4) is 0 Å². The van der Waals surface area contributed by atoms with Gasteiger partial charge in [0, 0.05) is 37.5 Å². The second-order valence-electron chi connectivity index (χ2n) is 7.92. The van der Waals surface area contributed by atoms with Crippen LogP contribution in [0.15, 0.2) is 55.0 Å². The number of benzene rings is 1. The Labute approximate surface area is 185 Å². The molecule has 9 nitrogen and oxygen atoms in total. The maximum absolute atomic E-state index is 12.6. The third-order valence-corrected chi connectivity index (χ3v) is 5.76. The van der Waals surface area contributed by atoms with Gasteiger partial charge in [-0.05, 0) is 37.7 Å². The van der Waals surface area contributed by atoms with Gasteiger partial charge >= 0.3 is 0 Å². The molecule has 1 aliphatic heterocycles. The number of hydrogen-bond acceptors (Lipinski definition) is 7. The lowest BCUT2D eigenvalue weighted by Crippen LogP contribution is -2.17. The molecule has 3 aromatic heterocycles.